The van der Waals surface area contributed by atoms with Gasteiger partial charge in [-0.2, -0.15) is 5.10 Å². The van der Waals surface area contributed by atoms with E-state index in [1.54, 1.807) is 18.1 Å². The third-order valence-corrected chi connectivity index (χ3v) is 4.79. The van der Waals surface area contributed by atoms with Gasteiger partial charge in [-0.05, 0) is 24.5 Å². The summed E-state index contributed by atoms with van der Waals surface area (Å²) in [6, 6.07) is 9.17. The summed E-state index contributed by atoms with van der Waals surface area (Å²) in [6.45, 7) is 5.83. The number of aryl methyl sites for hydroxylation is 1. The Bertz CT molecular complexity index is 728. The SMILES string of the molecule is CN=C(NCc1ncnn1C)NCC(C)N1CCc2ccccc2C1.I. The van der Waals surface area contributed by atoms with E-state index in [1.807, 2.05) is 7.05 Å². The predicted octanol–water partition coefficient (Wildman–Crippen LogP) is 1.54. The number of nitrogens with one attached hydrogen (secondary N) is 2. The standard InChI is InChI=1S/C18H27N7.HI/c1-14(25-9-8-15-6-4-5-7-16(15)12-25)10-20-18(19-2)21-11-17-22-13-23-24(17)3;/h4-7,13-14H,8-12H2,1-3H3,(H2,19,20,21);1H. The minimum absolute atomic E-state index is 0. The Labute approximate surface area is 172 Å². The van der Waals surface area contributed by atoms with Gasteiger partial charge in [0, 0.05) is 39.8 Å². The quantitative estimate of drug-likeness (QED) is 0.395. The first-order valence-corrected chi connectivity index (χ1v) is 8.75. The van der Waals surface area contributed by atoms with Gasteiger partial charge < -0.3 is 10.6 Å². The molecule has 8 heteroatoms. The number of rotatable bonds is 5. The Morgan fingerprint density at radius 3 is 2.73 bits per heavy atom. The van der Waals surface area contributed by atoms with E-state index in [0.29, 0.717) is 12.6 Å². The highest BCUT2D eigenvalue weighted by molar-refractivity contribution is 14.0. The maximum Gasteiger partial charge on any atom is 0.191 e. The largest absolute Gasteiger partial charge is 0.355 e. The Kier molecular flexibility index (Phi) is 7.83. The van der Waals surface area contributed by atoms with Crippen molar-refractivity contribution in [3.05, 3.63) is 47.5 Å². The molecule has 0 radical (unpaired) electrons. The minimum Gasteiger partial charge on any atom is -0.355 e. The van der Waals surface area contributed by atoms with Crippen molar-refractivity contribution < 1.29 is 0 Å². The molecule has 7 nitrogen and oxygen atoms in total. The van der Waals surface area contributed by atoms with Crippen LogP contribution in [0, 0.1) is 0 Å². The molecular formula is C18H28IN7. The van der Waals surface area contributed by atoms with Crippen LogP contribution < -0.4 is 10.6 Å². The van der Waals surface area contributed by atoms with Gasteiger partial charge in [0.1, 0.15) is 12.2 Å². The van der Waals surface area contributed by atoms with Crippen LogP contribution in [0.5, 0.6) is 0 Å². The monoisotopic (exact) mass is 469 g/mol. The molecule has 142 valence electrons. The maximum atomic E-state index is 4.29. The summed E-state index contributed by atoms with van der Waals surface area (Å²) in [5.74, 6) is 1.66. The van der Waals surface area contributed by atoms with Crippen LogP contribution in [0.15, 0.2) is 35.6 Å². The summed E-state index contributed by atoms with van der Waals surface area (Å²) in [7, 11) is 3.67. The zero-order valence-electron chi connectivity index (χ0n) is 15.6. The average molecular weight is 469 g/mol. The van der Waals surface area contributed by atoms with Gasteiger partial charge in [0.15, 0.2) is 5.96 Å². The topological polar surface area (TPSA) is 70.4 Å². The predicted molar refractivity (Wildman–Crippen MR) is 115 cm³/mol. The van der Waals surface area contributed by atoms with Gasteiger partial charge >= 0.3 is 0 Å². The third kappa shape index (κ3) is 5.16. The molecule has 0 aliphatic carbocycles. The summed E-state index contributed by atoms with van der Waals surface area (Å²) in [5, 5.41) is 10.8. The number of aliphatic imine (C=N–C) groups is 1. The van der Waals surface area contributed by atoms with Crippen LogP contribution in [0.1, 0.15) is 23.9 Å². The molecule has 2 N–H and O–H groups in total. The molecule has 1 atom stereocenters. The summed E-state index contributed by atoms with van der Waals surface area (Å²) in [4.78, 5) is 11.0. The fraction of sp³-hybridized carbons (Fsp3) is 0.500. The van der Waals surface area contributed by atoms with E-state index in [9.17, 15) is 0 Å². The first kappa shape index (κ1) is 20.6. The highest BCUT2D eigenvalue weighted by Gasteiger charge is 2.20. The normalized spacial score (nSPS) is 15.7. The van der Waals surface area contributed by atoms with E-state index < -0.39 is 0 Å². The molecule has 1 aliphatic rings. The highest BCUT2D eigenvalue weighted by atomic mass is 127. The third-order valence-electron chi connectivity index (χ3n) is 4.79. The van der Waals surface area contributed by atoms with E-state index in [1.165, 1.54) is 11.1 Å². The lowest BCUT2D eigenvalue weighted by Crippen LogP contribution is -2.47. The fourth-order valence-electron chi connectivity index (χ4n) is 3.13. The number of nitrogens with zero attached hydrogens (tertiary/aromatic N) is 5. The van der Waals surface area contributed by atoms with Crippen LogP contribution in [0.2, 0.25) is 0 Å². The Hall–Kier alpha value is -1.68. The maximum absolute atomic E-state index is 4.29. The second kappa shape index (κ2) is 9.86. The molecule has 0 fully saturated rings. The van der Waals surface area contributed by atoms with Crippen LogP contribution in [-0.4, -0.2) is 51.8 Å². The van der Waals surface area contributed by atoms with Crippen molar-refractivity contribution in [2.24, 2.45) is 12.0 Å². The average Bonchev–Trinajstić information content (AvgIpc) is 3.06. The lowest BCUT2D eigenvalue weighted by atomic mass is 9.99. The van der Waals surface area contributed by atoms with Crippen LogP contribution in [0.3, 0.4) is 0 Å². The van der Waals surface area contributed by atoms with Gasteiger partial charge in [0.2, 0.25) is 0 Å². The summed E-state index contributed by atoms with van der Waals surface area (Å²) >= 11 is 0. The van der Waals surface area contributed by atoms with Gasteiger partial charge in [-0.25, -0.2) is 4.98 Å². The second-order valence-corrected chi connectivity index (χ2v) is 6.44. The molecule has 1 aliphatic heterocycles. The molecule has 0 saturated carbocycles. The lowest BCUT2D eigenvalue weighted by Gasteiger charge is -2.34. The minimum atomic E-state index is 0. The molecule has 1 aromatic carbocycles. The molecule has 0 saturated heterocycles. The molecule has 26 heavy (non-hydrogen) atoms. The van der Waals surface area contributed by atoms with Gasteiger partial charge in [0.05, 0.1) is 6.54 Å². The number of guanidine groups is 1. The first-order valence-electron chi connectivity index (χ1n) is 8.75. The fourth-order valence-corrected chi connectivity index (χ4v) is 3.13. The van der Waals surface area contributed by atoms with Crippen molar-refractivity contribution in [2.75, 3.05) is 20.1 Å². The van der Waals surface area contributed by atoms with Crippen LogP contribution in [0.4, 0.5) is 0 Å². The van der Waals surface area contributed by atoms with Crippen molar-refractivity contribution in [3.8, 4) is 0 Å². The molecule has 1 aromatic heterocycles. The van der Waals surface area contributed by atoms with Crippen molar-refractivity contribution in [2.45, 2.75) is 32.5 Å². The number of hydrogen-bond acceptors (Lipinski definition) is 4. The zero-order valence-corrected chi connectivity index (χ0v) is 18.0. The molecule has 0 spiro atoms. The van der Waals surface area contributed by atoms with Gasteiger partial charge in [-0.15, -0.1) is 24.0 Å². The van der Waals surface area contributed by atoms with Crippen molar-refractivity contribution in [1.82, 2.24) is 30.3 Å². The number of benzene rings is 1. The molecule has 0 bridgehead atoms. The molecular weight excluding hydrogens is 441 g/mol. The molecule has 2 aromatic rings. The molecule has 0 amide bonds. The van der Waals surface area contributed by atoms with Gasteiger partial charge in [-0.3, -0.25) is 14.6 Å². The second-order valence-electron chi connectivity index (χ2n) is 6.44. The van der Waals surface area contributed by atoms with E-state index in [-0.39, 0.29) is 24.0 Å². The number of hydrogen-bond donors (Lipinski definition) is 2. The van der Waals surface area contributed by atoms with Crippen molar-refractivity contribution in [1.29, 1.82) is 0 Å². The highest BCUT2D eigenvalue weighted by Crippen LogP contribution is 2.19. The van der Waals surface area contributed by atoms with Crippen LogP contribution in [-0.2, 0) is 26.6 Å². The summed E-state index contributed by atoms with van der Waals surface area (Å²) < 4.78 is 1.76. The van der Waals surface area contributed by atoms with E-state index in [4.69, 9.17) is 0 Å². The molecule has 2 heterocycles. The number of aromatic nitrogens is 3. The van der Waals surface area contributed by atoms with E-state index in [0.717, 1.165) is 37.8 Å². The lowest BCUT2D eigenvalue weighted by molar-refractivity contribution is 0.191. The Morgan fingerprint density at radius 1 is 1.27 bits per heavy atom. The summed E-state index contributed by atoms with van der Waals surface area (Å²) in [6.07, 6.45) is 2.68. The van der Waals surface area contributed by atoms with Gasteiger partial charge in [-0.1, -0.05) is 24.3 Å². The van der Waals surface area contributed by atoms with E-state index >= 15 is 0 Å². The summed E-state index contributed by atoms with van der Waals surface area (Å²) in [5.41, 5.74) is 2.94. The van der Waals surface area contributed by atoms with Crippen LogP contribution in [0.25, 0.3) is 0 Å². The number of fused-ring (bicyclic) bond motifs is 1. The first-order chi connectivity index (χ1) is 12.2. The zero-order chi connectivity index (χ0) is 17.6. The van der Waals surface area contributed by atoms with Crippen LogP contribution >= 0.6 is 24.0 Å². The van der Waals surface area contributed by atoms with Crippen molar-refractivity contribution >= 4 is 29.9 Å². The smallest absolute Gasteiger partial charge is 0.191 e. The molecule has 1 unspecified atom stereocenters. The van der Waals surface area contributed by atoms with Crippen molar-refractivity contribution in [3.63, 3.8) is 0 Å². The Morgan fingerprint density at radius 2 is 2.04 bits per heavy atom. The van der Waals surface area contributed by atoms with E-state index in [2.05, 4.69) is 61.8 Å². The van der Waals surface area contributed by atoms with Gasteiger partial charge in [0.25, 0.3) is 0 Å². The molecule has 3 rings (SSSR count). The number of halogens is 1. The Balaban J connectivity index is 0.00000243.